The molecule has 120 valence electrons. The summed E-state index contributed by atoms with van der Waals surface area (Å²) in [6.45, 7) is 3.14. The van der Waals surface area contributed by atoms with Gasteiger partial charge in [-0.25, -0.2) is 0 Å². The monoisotopic (exact) mass is 316 g/mol. The Morgan fingerprint density at radius 3 is 2.35 bits per heavy atom. The number of nitrogens with zero attached hydrogens (tertiary/aromatic N) is 4. The molecule has 23 heavy (non-hydrogen) atoms. The van der Waals surface area contributed by atoms with E-state index in [0.717, 1.165) is 0 Å². The maximum Gasteiger partial charge on any atom is 0.327 e. The number of piperazine rings is 1. The van der Waals surface area contributed by atoms with E-state index >= 15 is 0 Å². The van der Waals surface area contributed by atoms with Gasteiger partial charge in [-0.2, -0.15) is 0 Å². The summed E-state index contributed by atoms with van der Waals surface area (Å²) in [5, 5.41) is 15.6. The number of carbonyl (C=O) groups is 2. The highest BCUT2D eigenvalue weighted by molar-refractivity contribution is 5.92. The highest BCUT2D eigenvalue weighted by Gasteiger charge is 2.33. The highest BCUT2D eigenvalue weighted by atomic mass is 16.6. The van der Waals surface area contributed by atoms with Crippen molar-refractivity contribution >= 4 is 11.8 Å². The minimum absolute atomic E-state index is 0.0223. The van der Waals surface area contributed by atoms with Crippen LogP contribution in [0.15, 0.2) is 34.9 Å². The summed E-state index contributed by atoms with van der Waals surface area (Å²) in [6.07, 6.45) is 0. The number of para-hydroxylation sites is 1. The molecule has 2 amide bonds. The van der Waals surface area contributed by atoms with Gasteiger partial charge in [-0.1, -0.05) is 18.2 Å². The Labute approximate surface area is 132 Å². The molecule has 0 radical (unpaired) electrons. The van der Waals surface area contributed by atoms with Crippen LogP contribution in [0.25, 0.3) is 5.69 Å². The lowest BCUT2D eigenvalue weighted by Crippen LogP contribution is -2.52. The first-order valence-corrected chi connectivity index (χ1v) is 7.27. The van der Waals surface area contributed by atoms with Crippen LogP contribution in [0, 0.1) is 0 Å². The van der Waals surface area contributed by atoms with Gasteiger partial charge in [-0.05, 0) is 4.68 Å². The van der Waals surface area contributed by atoms with Gasteiger partial charge in [-0.15, -0.1) is 0 Å². The van der Waals surface area contributed by atoms with Gasteiger partial charge in [0, 0.05) is 45.2 Å². The van der Waals surface area contributed by atoms with Crippen LogP contribution < -0.4 is 9.79 Å². The largest absolute Gasteiger partial charge is 0.538 e. The topological polar surface area (TPSA) is 93.6 Å². The molecule has 1 aliphatic rings. The Bertz CT molecular complexity index is 720. The van der Waals surface area contributed by atoms with Gasteiger partial charge >= 0.3 is 11.6 Å². The first kappa shape index (κ1) is 15.0. The summed E-state index contributed by atoms with van der Waals surface area (Å²) in [5.41, 5.74) is 0.441. The van der Waals surface area contributed by atoms with Crippen LogP contribution in [-0.2, 0) is 4.79 Å². The molecule has 0 unspecified atom stereocenters. The molecule has 8 nitrogen and oxygen atoms in total. The summed E-state index contributed by atoms with van der Waals surface area (Å²) in [6, 6.07) is 8.84. The summed E-state index contributed by atoms with van der Waals surface area (Å²) < 4.78 is 5.88. The SMILES string of the molecule is CC(=O)N1CCN(C(=O)c2c([O-])on[n+]2-c2ccccc2)CC1. The fourth-order valence-electron chi connectivity index (χ4n) is 2.55. The molecule has 1 saturated heterocycles. The Hall–Kier alpha value is -2.90. The molecule has 1 aromatic heterocycles. The molecular weight excluding hydrogens is 300 g/mol. The molecule has 0 atom stereocenters. The van der Waals surface area contributed by atoms with E-state index in [-0.39, 0.29) is 11.6 Å². The van der Waals surface area contributed by atoms with Gasteiger partial charge in [0.15, 0.2) is 5.95 Å². The van der Waals surface area contributed by atoms with Gasteiger partial charge in [0.1, 0.15) is 0 Å². The smallest absolute Gasteiger partial charge is 0.327 e. The van der Waals surface area contributed by atoms with E-state index in [0.29, 0.717) is 31.9 Å². The van der Waals surface area contributed by atoms with Gasteiger partial charge in [0.05, 0.1) is 5.27 Å². The van der Waals surface area contributed by atoms with Crippen LogP contribution in [-0.4, -0.2) is 53.1 Å². The summed E-state index contributed by atoms with van der Waals surface area (Å²) in [5.74, 6) is -1.23. The Morgan fingerprint density at radius 1 is 1.13 bits per heavy atom. The number of hydrogen-bond acceptors (Lipinski definition) is 5. The lowest BCUT2D eigenvalue weighted by Gasteiger charge is -2.33. The second-order valence-corrected chi connectivity index (χ2v) is 5.25. The van der Waals surface area contributed by atoms with Gasteiger partial charge in [0.2, 0.25) is 11.6 Å². The van der Waals surface area contributed by atoms with Gasteiger partial charge in [0.25, 0.3) is 0 Å². The van der Waals surface area contributed by atoms with E-state index in [4.69, 9.17) is 0 Å². The van der Waals surface area contributed by atoms with E-state index in [9.17, 15) is 14.7 Å². The van der Waals surface area contributed by atoms with Crippen LogP contribution in [0.3, 0.4) is 0 Å². The third kappa shape index (κ3) is 2.87. The van der Waals surface area contributed by atoms with E-state index in [2.05, 4.69) is 9.79 Å². The summed E-state index contributed by atoms with van der Waals surface area (Å²) in [7, 11) is 0. The van der Waals surface area contributed by atoms with Crippen molar-refractivity contribution in [1.82, 2.24) is 15.1 Å². The molecule has 1 aliphatic heterocycles. The fraction of sp³-hybridized carbons (Fsp3) is 0.333. The molecular formula is C15H16N4O4. The third-order valence-electron chi connectivity index (χ3n) is 3.83. The zero-order chi connectivity index (χ0) is 16.4. The Balaban J connectivity index is 1.84. The molecule has 0 aliphatic carbocycles. The van der Waals surface area contributed by atoms with Crippen LogP contribution in [0.4, 0.5) is 0 Å². The molecule has 2 aromatic rings. The fourth-order valence-corrected chi connectivity index (χ4v) is 2.55. The van der Waals surface area contributed by atoms with Gasteiger partial charge in [-0.3, -0.25) is 9.59 Å². The molecule has 2 heterocycles. The van der Waals surface area contributed by atoms with Crippen LogP contribution >= 0.6 is 0 Å². The zero-order valence-electron chi connectivity index (χ0n) is 12.6. The third-order valence-corrected chi connectivity index (χ3v) is 3.83. The van der Waals surface area contributed by atoms with Crippen molar-refractivity contribution in [2.45, 2.75) is 6.92 Å². The van der Waals surface area contributed by atoms with Crippen LogP contribution in [0.2, 0.25) is 0 Å². The number of rotatable bonds is 2. The summed E-state index contributed by atoms with van der Waals surface area (Å²) in [4.78, 5) is 27.2. The average Bonchev–Trinajstić information content (AvgIpc) is 2.96. The second-order valence-electron chi connectivity index (χ2n) is 5.25. The molecule has 0 bridgehead atoms. The number of amides is 2. The van der Waals surface area contributed by atoms with Crippen molar-refractivity contribution in [2.24, 2.45) is 0 Å². The van der Waals surface area contributed by atoms with E-state index in [1.807, 2.05) is 6.07 Å². The second kappa shape index (κ2) is 6.07. The first-order chi connectivity index (χ1) is 11.1. The van der Waals surface area contributed by atoms with Crippen LogP contribution in [0.1, 0.15) is 17.4 Å². The van der Waals surface area contributed by atoms with Crippen molar-refractivity contribution in [3.63, 3.8) is 0 Å². The number of carbonyl (C=O) groups excluding carboxylic acids is 2. The average molecular weight is 316 g/mol. The molecule has 0 saturated carbocycles. The maximum absolute atomic E-state index is 12.7. The molecule has 1 aromatic carbocycles. The van der Waals surface area contributed by atoms with E-state index in [1.165, 1.54) is 16.5 Å². The minimum Gasteiger partial charge on any atom is -0.538 e. The zero-order valence-corrected chi connectivity index (χ0v) is 12.6. The van der Waals surface area contributed by atoms with Crippen molar-refractivity contribution in [3.8, 4) is 11.6 Å². The maximum atomic E-state index is 12.7. The van der Waals surface area contributed by atoms with E-state index < -0.39 is 11.9 Å². The number of benzene rings is 1. The minimum atomic E-state index is -0.771. The quantitative estimate of drug-likeness (QED) is 0.685. The van der Waals surface area contributed by atoms with Crippen molar-refractivity contribution in [2.75, 3.05) is 26.2 Å². The molecule has 3 rings (SSSR count). The molecule has 1 fully saturated rings. The first-order valence-electron chi connectivity index (χ1n) is 7.27. The number of hydrogen-bond donors (Lipinski definition) is 0. The normalized spacial score (nSPS) is 14.8. The predicted octanol–water partition coefficient (Wildman–Crippen LogP) is -0.671. The lowest BCUT2D eigenvalue weighted by atomic mass is 10.2. The van der Waals surface area contributed by atoms with Gasteiger partial charge < -0.3 is 19.4 Å². The van der Waals surface area contributed by atoms with Crippen molar-refractivity contribution in [3.05, 3.63) is 36.0 Å². The van der Waals surface area contributed by atoms with Crippen molar-refractivity contribution in [1.29, 1.82) is 0 Å². The Kier molecular flexibility index (Phi) is 3.96. The number of aromatic nitrogens is 2. The standard InChI is InChI=1S/C15H16N4O4/c1-11(20)17-7-9-18(10-8-17)14(21)13-15(22)23-16-19(13)12-5-3-2-4-6-12/h2-6H,7-10H2,1H3. The Morgan fingerprint density at radius 2 is 1.74 bits per heavy atom. The molecule has 8 heteroatoms. The summed E-state index contributed by atoms with van der Waals surface area (Å²) >= 11 is 0. The van der Waals surface area contributed by atoms with Crippen LogP contribution in [0.5, 0.6) is 5.95 Å². The molecule has 0 spiro atoms. The van der Waals surface area contributed by atoms with E-state index in [1.54, 1.807) is 29.2 Å². The predicted molar refractivity (Wildman–Crippen MR) is 75.6 cm³/mol. The highest BCUT2D eigenvalue weighted by Crippen LogP contribution is 2.14. The molecule has 0 N–H and O–H groups in total. The lowest BCUT2D eigenvalue weighted by molar-refractivity contribution is -0.672. The van der Waals surface area contributed by atoms with Crippen molar-refractivity contribution < 1.29 is 23.9 Å².